The van der Waals surface area contributed by atoms with Crippen LogP contribution in [0.15, 0.2) is 42.5 Å². The van der Waals surface area contributed by atoms with Crippen molar-refractivity contribution < 1.29 is 19.1 Å². The summed E-state index contributed by atoms with van der Waals surface area (Å²) in [5.74, 6) is -2.05. The molecule has 2 bridgehead atoms. The van der Waals surface area contributed by atoms with Crippen molar-refractivity contribution in [1.82, 2.24) is 15.5 Å². The van der Waals surface area contributed by atoms with Gasteiger partial charge in [0.2, 0.25) is 17.7 Å². The van der Waals surface area contributed by atoms with Crippen LogP contribution >= 0.6 is 0 Å². The van der Waals surface area contributed by atoms with E-state index in [4.69, 9.17) is 4.74 Å². The lowest BCUT2D eigenvalue weighted by Gasteiger charge is -2.36. The number of carbonyl (C=O) groups excluding carboxylic acids is 3. The van der Waals surface area contributed by atoms with Gasteiger partial charge in [0.15, 0.2) is 0 Å². The molecule has 0 aromatic heterocycles. The largest absolute Gasteiger partial charge is 0.359 e. The molecule has 0 radical (unpaired) electrons. The standard InChI is InChI=1S/C24H31N3O4/c1-14(2)27-19(21(29)26-23(3,4)5)24-12-11-16(31-24)17(18(24)22(27)30)20(28)25-13-15-9-7-6-8-10-15/h6-12,14,16-19H,13H2,1-5H3,(H,25,28)(H,26,29)/t16-,17-,18+,19+,24+/m1/s1. The van der Waals surface area contributed by atoms with Gasteiger partial charge in [-0.05, 0) is 40.2 Å². The van der Waals surface area contributed by atoms with Gasteiger partial charge < -0.3 is 20.3 Å². The highest BCUT2D eigenvalue weighted by Gasteiger charge is 2.73. The maximum Gasteiger partial charge on any atom is 0.246 e. The molecule has 166 valence electrons. The second-order valence-corrected chi connectivity index (χ2v) is 9.98. The van der Waals surface area contributed by atoms with E-state index in [1.54, 1.807) is 4.90 Å². The summed E-state index contributed by atoms with van der Waals surface area (Å²) in [6.07, 6.45) is 3.15. The summed E-state index contributed by atoms with van der Waals surface area (Å²) in [5.41, 5.74) is -0.588. The molecular formula is C24H31N3O4. The summed E-state index contributed by atoms with van der Waals surface area (Å²) in [6, 6.07) is 8.62. The number of benzene rings is 1. The van der Waals surface area contributed by atoms with Crippen LogP contribution in [0.5, 0.6) is 0 Å². The van der Waals surface area contributed by atoms with Crippen molar-refractivity contribution in [2.75, 3.05) is 0 Å². The third kappa shape index (κ3) is 3.55. The molecule has 2 fully saturated rings. The van der Waals surface area contributed by atoms with Crippen molar-refractivity contribution >= 4 is 17.7 Å². The number of hydrogen-bond acceptors (Lipinski definition) is 4. The molecule has 4 rings (SSSR count). The number of likely N-dealkylation sites (tertiary alicyclic amines) is 1. The van der Waals surface area contributed by atoms with Crippen molar-refractivity contribution in [3.8, 4) is 0 Å². The topological polar surface area (TPSA) is 87.7 Å². The van der Waals surface area contributed by atoms with E-state index >= 15 is 0 Å². The van der Waals surface area contributed by atoms with Gasteiger partial charge in [0, 0.05) is 18.1 Å². The molecule has 1 spiro atoms. The molecule has 7 nitrogen and oxygen atoms in total. The van der Waals surface area contributed by atoms with E-state index in [1.807, 2.05) is 77.1 Å². The maximum absolute atomic E-state index is 13.5. The smallest absolute Gasteiger partial charge is 0.246 e. The van der Waals surface area contributed by atoms with Crippen LogP contribution in [0.25, 0.3) is 0 Å². The minimum absolute atomic E-state index is 0.198. The highest BCUT2D eigenvalue weighted by molar-refractivity contribution is 6.00. The van der Waals surface area contributed by atoms with Gasteiger partial charge >= 0.3 is 0 Å². The molecule has 3 amide bonds. The zero-order valence-corrected chi connectivity index (χ0v) is 18.7. The lowest BCUT2D eigenvalue weighted by atomic mass is 9.74. The molecule has 0 saturated carbocycles. The second-order valence-electron chi connectivity index (χ2n) is 9.98. The first-order valence-electron chi connectivity index (χ1n) is 10.9. The summed E-state index contributed by atoms with van der Waals surface area (Å²) in [4.78, 5) is 41.6. The first kappa shape index (κ1) is 21.6. The number of amides is 3. The number of fused-ring (bicyclic) bond motifs is 1. The predicted molar refractivity (Wildman–Crippen MR) is 116 cm³/mol. The number of rotatable bonds is 5. The Morgan fingerprint density at radius 1 is 1.16 bits per heavy atom. The van der Waals surface area contributed by atoms with E-state index in [0.717, 1.165) is 5.56 Å². The van der Waals surface area contributed by atoms with Crippen LogP contribution in [0.3, 0.4) is 0 Å². The second kappa shape index (κ2) is 7.48. The number of ether oxygens (including phenoxy) is 1. The van der Waals surface area contributed by atoms with Crippen LogP contribution < -0.4 is 10.6 Å². The first-order valence-corrected chi connectivity index (χ1v) is 10.9. The number of carbonyl (C=O) groups is 3. The first-order chi connectivity index (χ1) is 14.5. The van der Waals surface area contributed by atoms with Crippen molar-refractivity contribution in [1.29, 1.82) is 0 Å². The van der Waals surface area contributed by atoms with Crippen molar-refractivity contribution in [3.05, 3.63) is 48.0 Å². The molecule has 2 N–H and O–H groups in total. The van der Waals surface area contributed by atoms with Gasteiger partial charge in [0.1, 0.15) is 11.6 Å². The van der Waals surface area contributed by atoms with Crippen molar-refractivity contribution in [2.24, 2.45) is 11.8 Å². The quantitative estimate of drug-likeness (QED) is 0.704. The highest BCUT2D eigenvalue weighted by Crippen LogP contribution is 2.55. The van der Waals surface area contributed by atoms with E-state index in [-0.39, 0.29) is 23.8 Å². The lowest BCUT2D eigenvalue weighted by Crippen LogP contribution is -2.59. The zero-order valence-electron chi connectivity index (χ0n) is 18.7. The van der Waals surface area contributed by atoms with Crippen LogP contribution in [0, 0.1) is 11.8 Å². The van der Waals surface area contributed by atoms with Crippen molar-refractivity contribution in [3.63, 3.8) is 0 Å². The average molecular weight is 426 g/mol. The molecule has 1 aromatic rings. The molecule has 3 aliphatic rings. The fourth-order valence-corrected chi connectivity index (χ4v) is 5.10. The predicted octanol–water partition coefficient (Wildman–Crippen LogP) is 1.78. The van der Waals surface area contributed by atoms with E-state index in [1.165, 1.54) is 0 Å². The molecular weight excluding hydrogens is 394 g/mol. The van der Waals surface area contributed by atoms with Gasteiger partial charge in [-0.3, -0.25) is 14.4 Å². The number of hydrogen-bond donors (Lipinski definition) is 2. The Morgan fingerprint density at radius 2 is 1.84 bits per heavy atom. The molecule has 3 heterocycles. The monoisotopic (exact) mass is 425 g/mol. The van der Waals surface area contributed by atoms with Gasteiger partial charge in [-0.1, -0.05) is 42.5 Å². The zero-order chi connectivity index (χ0) is 22.6. The van der Waals surface area contributed by atoms with Gasteiger partial charge in [-0.25, -0.2) is 0 Å². The fraction of sp³-hybridized carbons (Fsp3) is 0.542. The highest BCUT2D eigenvalue weighted by atomic mass is 16.5. The van der Waals surface area contributed by atoms with E-state index in [9.17, 15) is 14.4 Å². The normalized spacial score (nSPS) is 31.3. The Labute approximate surface area is 183 Å². The van der Waals surface area contributed by atoms with E-state index in [2.05, 4.69) is 10.6 Å². The Morgan fingerprint density at radius 3 is 2.45 bits per heavy atom. The minimum atomic E-state index is -1.11. The molecule has 2 saturated heterocycles. The Balaban J connectivity index is 1.62. The molecule has 7 heteroatoms. The maximum atomic E-state index is 13.5. The van der Waals surface area contributed by atoms with Crippen LogP contribution in [0.2, 0.25) is 0 Å². The van der Waals surface area contributed by atoms with Crippen molar-refractivity contribution in [2.45, 2.75) is 70.5 Å². The summed E-state index contributed by atoms with van der Waals surface area (Å²) in [5, 5.41) is 5.96. The van der Waals surface area contributed by atoms with Crippen LogP contribution in [-0.4, -0.2) is 51.9 Å². The van der Waals surface area contributed by atoms with E-state index < -0.39 is 35.1 Å². The Bertz CT molecular complexity index is 921. The fourth-order valence-electron chi connectivity index (χ4n) is 5.10. The number of nitrogens with one attached hydrogen (secondary N) is 2. The minimum Gasteiger partial charge on any atom is -0.359 e. The Kier molecular flexibility index (Phi) is 5.20. The summed E-state index contributed by atoms with van der Waals surface area (Å²) in [7, 11) is 0. The lowest BCUT2D eigenvalue weighted by molar-refractivity contribution is -0.144. The summed E-state index contributed by atoms with van der Waals surface area (Å²) < 4.78 is 6.27. The summed E-state index contributed by atoms with van der Waals surface area (Å²) >= 11 is 0. The molecule has 5 atom stereocenters. The Hall–Kier alpha value is -2.67. The average Bonchev–Trinajstić information content (AvgIpc) is 3.32. The molecule has 0 aliphatic carbocycles. The third-order valence-electron chi connectivity index (χ3n) is 6.23. The van der Waals surface area contributed by atoms with Gasteiger partial charge in [-0.2, -0.15) is 0 Å². The van der Waals surface area contributed by atoms with E-state index in [0.29, 0.717) is 6.54 Å². The SMILES string of the molecule is CC(C)N1C(=O)[C@@H]2[C@H](C(=O)NCc3ccccc3)[C@H]3C=C[C@@]2(O3)[C@@H]1C(=O)NC(C)(C)C. The van der Waals surface area contributed by atoms with Gasteiger partial charge in [0.25, 0.3) is 0 Å². The van der Waals surface area contributed by atoms with Crippen LogP contribution in [0.1, 0.15) is 40.2 Å². The molecule has 1 aromatic carbocycles. The molecule has 3 aliphatic heterocycles. The third-order valence-corrected chi connectivity index (χ3v) is 6.23. The van der Waals surface area contributed by atoms with Gasteiger partial charge in [0.05, 0.1) is 17.9 Å². The molecule has 0 unspecified atom stereocenters. The van der Waals surface area contributed by atoms with Gasteiger partial charge in [-0.15, -0.1) is 0 Å². The number of nitrogens with zero attached hydrogens (tertiary/aromatic N) is 1. The summed E-state index contributed by atoms with van der Waals surface area (Å²) in [6.45, 7) is 9.85. The van der Waals surface area contributed by atoms with Crippen LogP contribution in [-0.2, 0) is 25.7 Å². The van der Waals surface area contributed by atoms with Crippen LogP contribution in [0.4, 0.5) is 0 Å². The molecule has 31 heavy (non-hydrogen) atoms.